The number of halogens is 3. The van der Waals surface area contributed by atoms with Crippen LogP contribution in [0.4, 0.5) is 18.9 Å². The summed E-state index contributed by atoms with van der Waals surface area (Å²) in [5.41, 5.74) is 5.44. The molecule has 1 aromatic rings. The molecule has 0 fully saturated rings. The van der Waals surface area contributed by atoms with Gasteiger partial charge in [-0.15, -0.1) is 0 Å². The lowest BCUT2D eigenvalue weighted by Gasteiger charge is -2.13. The SMILES string of the molecule is CCC(O)Cc1cc(C(F)(F)F)ccc1N. The molecule has 0 aliphatic carbocycles. The molecule has 0 aromatic heterocycles. The Kier molecular flexibility index (Phi) is 3.80. The van der Waals surface area contributed by atoms with E-state index in [1.807, 2.05) is 0 Å². The maximum atomic E-state index is 12.4. The quantitative estimate of drug-likeness (QED) is 0.788. The second-order valence-corrected chi connectivity index (χ2v) is 3.68. The van der Waals surface area contributed by atoms with Crippen LogP contribution in [0, 0.1) is 0 Å². The zero-order chi connectivity index (χ0) is 12.3. The molecule has 0 saturated heterocycles. The van der Waals surface area contributed by atoms with Gasteiger partial charge >= 0.3 is 6.18 Å². The molecule has 90 valence electrons. The average Bonchev–Trinajstić information content (AvgIpc) is 2.19. The highest BCUT2D eigenvalue weighted by molar-refractivity contribution is 5.49. The van der Waals surface area contributed by atoms with E-state index in [2.05, 4.69) is 0 Å². The number of hydrogen-bond acceptors (Lipinski definition) is 2. The van der Waals surface area contributed by atoms with Crippen LogP contribution in [-0.4, -0.2) is 11.2 Å². The zero-order valence-corrected chi connectivity index (χ0v) is 8.88. The molecule has 0 saturated carbocycles. The Labute approximate surface area is 91.9 Å². The number of nitrogen functional groups attached to an aromatic ring is 1. The van der Waals surface area contributed by atoms with Crippen LogP contribution in [0.25, 0.3) is 0 Å². The van der Waals surface area contributed by atoms with Crippen LogP contribution in [0.5, 0.6) is 0 Å². The summed E-state index contributed by atoms with van der Waals surface area (Å²) < 4.78 is 37.2. The van der Waals surface area contributed by atoms with Gasteiger partial charge in [0.25, 0.3) is 0 Å². The van der Waals surface area contributed by atoms with Crippen molar-refractivity contribution in [2.24, 2.45) is 0 Å². The van der Waals surface area contributed by atoms with Crippen LogP contribution in [-0.2, 0) is 12.6 Å². The molecule has 0 amide bonds. The Morgan fingerprint density at radius 3 is 2.50 bits per heavy atom. The number of aliphatic hydroxyl groups is 1. The van der Waals surface area contributed by atoms with E-state index < -0.39 is 17.8 Å². The van der Waals surface area contributed by atoms with Crippen molar-refractivity contribution in [3.05, 3.63) is 29.3 Å². The van der Waals surface area contributed by atoms with Gasteiger partial charge in [0.2, 0.25) is 0 Å². The van der Waals surface area contributed by atoms with Crippen LogP contribution < -0.4 is 5.73 Å². The third-order valence-electron chi connectivity index (χ3n) is 2.40. The Morgan fingerprint density at radius 1 is 1.38 bits per heavy atom. The molecule has 1 rings (SSSR count). The zero-order valence-electron chi connectivity index (χ0n) is 8.88. The summed E-state index contributed by atoms with van der Waals surface area (Å²) in [5, 5.41) is 9.39. The van der Waals surface area contributed by atoms with Crippen LogP contribution >= 0.6 is 0 Å². The first-order valence-corrected chi connectivity index (χ1v) is 4.98. The lowest BCUT2D eigenvalue weighted by atomic mass is 10.0. The summed E-state index contributed by atoms with van der Waals surface area (Å²) >= 11 is 0. The van der Waals surface area contributed by atoms with Crippen molar-refractivity contribution in [2.45, 2.75) is 32.0 Å². The first-order valence-electron chi connectivity index (χ1n) is 4.98. The number of benzene rings is 1. The lowest BCUT2D eigenvalue weighted by molar-refractivity contribution is -0.137. The molecule has 1 atom stereocenters. The minimum absolute atomic E-state index is 0.145. The van der Waals surface area contributed by atoms with Crippen LogP contribution in [0.15, 0.2) is 18.2 Å². The van der Waals surface area contributed by atoms with Crippen molar-refractivity contribution >= 4 is 5.69 Å². The van der Waals surface area contributed by atoms with Gasteiger partial charge in [0, 0.05) is 12.1 Å². The molecule has 0 heterocycles. The first-order chi connectivity index (χ1) is 7.34. The minimum atomic E-state index is -4.38. The van der Waals surface area contributed by atoms with Crippen LogP contribution in [0.3, 0.4) is 0 Å². The van der Waals surface area contributed by atoms with E-state index in [1.54, 1.807) is 6.92 Å². The number of hydrogen-bond donors (Lipinski definition) is 2. The van der Waals surface area contributed by atoms with E-state index in [4.69, 9.17) is 5.73 Å². The maximum absolute atomic E-state index is 12.4. The predicted molar refractivity (Wildman–Crippen MR) is 55.9 cm³/mol. The van der Waals surface area contributed by atoms with E-state index >= 15 is 0 Å². The van der Waals surface area contributed by atoms with Gasteiger partial charge in [-0.25, -0.2) is 0 Å². The summed E-state index contributed by atoms with van der Waals surface area (Å²) in [7, 11) is 0. The van der Waals surface area contributed by atoms with Crippen molar-refractivity contribution in [3.63, 3.8) is 0 Å². The van der Waals surface area contributed by atoms with Crippen molar-refractivity contribution in [3.8, 4) is 0 Å². The van der Waals surface area contributed by atoms with Gasteiger partial charge in [-0.2, -0.15) is 13.2 Å². The molecule has 0 aliphatic heterocycles. The Morgan fingerprint density at radius 2 is 2.00 bits per heavy atom. The highest BCUT2D eigenvalue weighted by Crippen LogP contribution is 2.31. The summed E-state index contributed by atoms with van der Waals surface area (Å²) in [6.45, 7) is 1.76. The smallest absolute Gasteiger partial charge is 0.399 e. The monoisotopic (exact) mass is 233 g/mol. The molecule has 0 radical (unpaired) electrons. The van der Waals surface area contributed by atoms with Gasteiger partial charge in [0.05, 0.1) is 11.7 Å². The van der Waals surface area contributed by atoms with Gasteiger partial charge < -0.3 is 10.8 Å². The fraction of sp³-hybridized carbons (Fsp3) is 0.455. The molecule has 1 unspecified atom stereocenters. The molecule has 5 heteroatoms. The van der Waals surface area contributed by atoms with Crippen molar-refractivity contribution < 1.29 is 18.3 Å². The largest absolute Gasteiger partial charge is 0.416 e. The van der Waals surface area contributed by atoms with Crippen molar-refractivity contribution in [2.75, 3.05) is 5.73 Å². The third kappa shape index (κ3) is 3.13. The van der Waals surface area contributed by atoms with Gasteiger partial charge in [-0.3, -0.25) is 0 Å². The molecule has 1 aromatic carbocycles. The Bertz CT molecular complexity index is 363. The Balaban J connectivity index is 3.00. The van der Waals surface area contributed by atoms with E-state index in [-0.39, 0.29) is 12.1 Å². The van der Waals surface area contributed by atoms with Crippen LogP contribution in [0.1, 0.15) is 24.5 Å². The molecule has 0 spiro atoms. The van der Waals surface area contributed by atoms with Crippen molar-refractivity contribution in [1.29, 1.82) is 0 Å². The van der Waals surface area contributed by atoms with Crippen LogP contribution in [0.2, 0.25) is 0 Å². The molecule has 3 N–H and O–H groups in total. The fourth-order valence-electron chi connectivity index (χ4n) is 1.36. The number of anilines is 1. The van der Waals surface area contributed by atoms with Gasteiger partial charge in [0.1, 0.15) is 0 Å². The highest BCUT2D eigenvalue weighted by Gasteiger charge is 2.30. The minimum Gasteiger partial charge on any atom is -0.399 e. The summed E-state index contributed by atoms with van der Waals surface area (Å²) in [5.74, 6) is 0. The summed E-state index contributed by atoms with van der Waals surface area (Å²) in [6, 6.07) is 3.16. The second-order valence-electron chi connectivity index (χ2n) is 3.68. The molecule has 0 aliphatic rings. The van der Waals surface area contributed by atoms with Crippen molar-refractivity contribution in [1.82, 2.24) is 0 Å². The van der Waals surface area contributed by atoms with E-state index in [0.29, 0.717) is 12.0 Å². The van der Waals surface area contributed by atoms with Gasteiger partial charge in [0.15, 0.2) is 0 Å². The molecule has 0 bridgehead atoms. The Hall–Kier alpha value is -1.23. The molecule has 16 heavy (non-hydrogen) atoms. The first kappa shape index (κ1) is 12.8. The maximum Gasteiger partial charge on any atom is 0.416 e. The van der Waals surface area contributed by atoms with E-state index in [1.165, 1.54) is 6.07 Å². The van der Waals surface area contributed by atoms with E-state index in [0.717, 1.165) is 12.1 Å². The van der Waals surface area contributed by atoms with Gasteiger partial charge in [-0.1, -0.05) is 6.92 Å². The lowest BCUT2D eigenvalue weighted by Crippen LogP contribution is -2.12. The standard InChI is InChI=1S/C11H14F3NO/c1-2-9(16)6-7-5-8(11(12,13)14)3-4-10(7)15/h3-5,9,16H,2,6,15H2,1H3. The fourth-order valence-corrected chi connectivity index (χ4v) is 1.36. The van der Waals surface area contributed by atoms with Gasteiger partial charge in [-0.05, 0) is 30.2 Å². The third-order valence-corrected chi connectivity index (χ3v) is 2.40. The highest BCUT2D eigenvalue weighted by atomic mass is 19.4. The topological polar surface area (TPSA) is 46.2 Å². The summed E-state index contributed by atoms with van der Waals surface area (Å²) in [4.78, 5) is 0. The summed E-state index contributed by atoms with van der Waals surface area (Å²) in [6.07, 6.45) is -4.41. The molecule has 2 nitrogen and oxygen atoms in total. The number of alkyl halides is 3. The number of nitrogens with two attached hydrogens (primary N) is 1. The number of aliphatic hydroxyl groups excluding tert-OH is 1. The predicted octanol–water partition coefficient (Wildman–Crippen LogP) is 2.60. The van der Waals surface area contributed by atoms with E-state index in [9.17, 15) is 18.3 Å². The second kappa shape index (κ2) is 4.74. The number of rotatable bonds is 3. The average molecular weight is 233 g/mol. The normalized spacial score (nSPS) is 13.8. The molecular weight excluding hydrogens is 219 g/mol. The molecular formula is C11H14F3NO.